The molecule has 0 aliphatic rings. The Kier molecular flexibility index (Phi) is 4.47. The summed E-state index contributed by atoms with van der Waals surface area (Å²) in [5, 5.41) is 17.9. The number of alkyl halides is 3. The number of hydrogen-bond donors (Lipinski definition) is 2. The molecule has 0 atom stereocenters. The SMILES string of the molecule is CC(C)Oc1cc(B(O)O)ccc1OC(F)(F)F. The van der Waals surface area contributed by atoms with Crippen LogP contribution >= 0.6 is 0 Å². The van der Waals surface area contributed by atoms with Gasteiger partial charge < -0.3 is 19.5 Å². The summed E-state index contributed by atoms with van der Waals surface area (Å²) in [5.41, 5.74) is 0.0141. The lowest BCUT2D eigenvalue weighted by molar-refractivity contribution is -0.275. The first kappa shape index (κ1) is 14.7. The average Bonchev–Trinajstić information content (AvgIpc) is 2.17. The van der Waals surface area contributed by atoms with Crippen molar-refractivity contribution in [2.24, 2.45) is 0 Å². The number of rotatable bonds is 4. The molecule has 1 aromatic carbocycles. The first-order chi connectivity index (χ1) is 8.19. The predicted octanol–water partition coefficient (Wildman–Crippen LogP) is 1.05. The average molecular weight is 264 g/mol. The van der Waals surface area contributed by atoms with Crippen molar-refractivity contribution in [2.45, 2.75) is 26.3 Å². The smallest absolute Gasteiger partial charge is 0.487 e. The lowest BCUT2D eigenvalue weighted by atomic mass is 9.80. The minimum Gasteiger partial charge on any atom is -0.487 e. The van der Waals surface area contributed by atoms with E-state index in [1.807, 2.05) is 0 Å². The normalized spacial score (nSPS) is 11.6. The monoisotopic (exact) mass is 264 g/mol. The van der Waals surface area contributed by atoms with Crippen molar-refractivity contribution in [2.75, 3.05) is 0 Å². The molecule has 4 nitrogen and oxygen atoms in total. The van der Waals surface area contributed by atoms with E-state index < -0.39 is 19.2 Å². The van der Waals surface area contributed by atoms with Gasteiger partial charge in [0.05, 0.1) is 6.10 Å². The number of hydrogen-bond acceptors (Lipinski definition) is 4. The van der Waals surface area contributed by atoms with E-state index in [0.717, 1.165) is 18.2 Å². The van der Waals surface area contributed by atoms with Crippen molar-refractivity contribution < 1.29 is 32.7 Å². The molecule has 0 heterocycles. The van der Waals surface area contributed by atoms with Gasteiger partial charge in [-0.2, -0.15) is 0 Å². The van der Waals surface area contributed by atoms with Gasteiger partial charge in [-0.25, -0.2) is 0 Å². The summed E-state index contributed by atoms with van der Waals surface area (Å²) in [6.45, 7) is 3.25. The van der Waals surface area contributed by atoms with Crippen molar-refractivity contribution in [1.29, 1.82) is 0 Å². The molecule has 1 aromatic rings. The van der Waals surface area contributed by atoms with Crippen molar-refractivity contribution in [3.05, 3.63) is 18.2 Å². The molecule has 0 radical (unpaired) electrons. The maximum atomic E-state index is 12.1. The van der Waals surface area contributed by atoms with Gasteiger partial charge in [-0.3, -0.25) is 0 Å². The molecule has 0 amide bonds. The highest BCUT2D eigenvalue weighted by molar-refractivity contribution is 6.58. The van der Waals surface area contributed by atoms with Crippen molar-refractivity contribution in [3.63, 3.8) is 0 Å². The molecule has 0 aromatic heterocycles. The molecular weight excluding hydrogens is 252 g/mol. The Bertz CT molecular complexity index is 407. The molecule has 100 valence electrons. The Morgan fingerprint density at radius 3 is 2.22 bits per heavy atom. The van der Waals surface area contributed by atoms with E-state index in [4.69, 9.17) is 14.8 Å². The van der Waals surface area contributed by atoms with Crippen LogP contribution in [0.3, 0.4) is 0 Å². The zero-order valence-corrected chi connectivity index (χ0v) is 9.73. The fraction of sp³-hybridized carbons (Fsp3) is 0.400. The van der Waals surface area contributed by atoms with Gasteiger partial charge in [-0.05, 0) is 31.4 Å². The largest absolute Gasteiger partial charge is 0.573 e. The lowest BCUT2D eigenvalue weighted by Gasteiger charge is -2.17. The van der Waals surface area contributed by atoms with E-state index in [2.05, 4.69) is 4.74 Å². The van der Waals surface area contributed by atoms with Crippen LogP contribution in [0.5, 0.6) is 11.5 Å². The van der Waals surface area contributed by atoms with E-state index in [-0.39, 0.29) is 17.3 Å². The fourth-order valence-electron chi connectivity index (χ4n) is 1.24. The van der Waals surface area contributed by atoms with Crippen molar-refractivity contribution in [1.82, 2.24) is 0 Å². The number of ether oxygens (including phenoxy) is 2. The molecule has 1 rings (SSSR count). The Labute approximate surface area is 102 Å². The van der Waals surface area contributed by atoms with Crippen LogP contribution in [0.25, 0.3) is 0 Å². The summed E-state index contributed by atoms with van der Waals surface area (Å²) in [6.07, 6.45) is -5.22. The van der Waals surface area contributed by atoms with Crippen LogP contribution in [0.4, 0.5) is 13.2 Å². The first-order valence-corrected chi connectivity index (χ1v) is 5.11. The Hall–Kier alpha value is -1.41. The zero-order valence-electron chi connectivity index (χ0n) is 9.73. The van der Waals surface area contributed by atoms with E-state index in [1.54, 1.807) is 13.8 Å². The maximum absolute atomic E-state index is 12.1. The molecular formula is C10H12BF3O4. The minimum atomic E-state index is -4.84. The molecule has 0 aliphatic carbocycles. The first-order valence-electron chi connectivity index (χ1n) is 5.11. The van der Waals surface area contributed by atoms with Crippen LogP contribution in [0.2, 0.25) is 0 Å². The summed E-state index contributed by atoms with van der Waals surface area (Å²) in [4.78, 5) is 0. The summed E-state index contributed by atoms with van der Waals surface area (Å²) in [5.74, 6) is -0.728. The van der Waals surface area contributed by atoms with Crippen LogP contribution in [0.15, 0.2) is 18.2 Å². The van der Waals surface area contributed by atoms with Crippen molar-refractivity contribution in [3.8, 4) is 11.5 Å². The molecule has 0 unspecified atom stereocenters. The van der Waals surface area contributed by atoms with Gasteiger partial charge in [0.1, 0.15) is 0 Å². The standard InChI is InChI=1S/C10H12BF3O4/c1-6(2)17-9-5-7(11(15)16)3-4-8(9)18-10(12,13)14/h3-6,15-16H,1-2H3. The topological polar surface area (TPSA) is 58.9 Å². The van der Waals surface area contributed by atoms with Gasteiger partial charge in [0.2, 0.25) is 0 Å². The Balaban J connectivity index is 3.08. The van der Waals surface area contributed by atoms with Crippen LogP contribution in [-0.2, 0) is 0 Å². The molecule has 0 aliphatic heterocycles. The third kappa shape index (κ3) is 4.46. The van der Waals surface area contributed by atoms with Gasteiger partial charge in [-0.15, -0.1) is 13.2 Å². The second-order valence-electron chi connectivity index (χ2n) is 3.79. The summed E-state index contributed by atoms with van der Waals surface area (Å²) in [6, 6.07) is 3.17. The molecule has 2 N–H and O–H groups in total. The van der Waals surface area contributed by atoms with Gasteiger partial charge >= 0.3 is 13.5 Å². The van der Waals surface area contributed by atoms with Gasteiger partial charge in [0, 0.05) is 0 Å². The van der Waals surface area contributed by atoms with Crippen LogP contribution in [0, 0.1) is 0 Å². The zero-order chi connectivity index (χ0) is 13.9. The van der Waals surface area contributed by atoms with Crippen LogP contribution in [0.1, 0.15) is 13.8 Å². The van der Waals surface area contributed by atoms with E-state index in [9.17, 15) is 13.2 Å². The second kappa shape index (κ2) is 5.49. The van der Waals surface area contributed by atoms with E-state index in [1.165, 1.54) is 0 Å². The third-order valence-electron chi connectivity index (χ3n) is 1.85. The summed E-state index contributed by atoms with van der Waals surface area (Å²) in [7, 11) is -1.79. The Morgan fingerprint density at radius 2 is 1.78 bits per heavy atom. The van der Waals surface area contributed by atoms with E-state index >= 15 is 0 Å². The highest BCUT2D eigenvalue weighted by atomic mass is 19.4. The second-order valence-corrected chi connectivity index (χ2v) is 3.79. The molecule has 0 saturated carbocycles. The van der Waals surface area contributed by atoms with Crippen LogP contribution < -0.4 is 14.9 Å². The van der Waals surface area contributed by atoms with Gasteiger partial charge in [0.15, 0.2) is 11.5 Å². The van der Waals surface area contributed by atoms with Crippen molar-refractivity contribution >= 4 is 12.6 Å². The lowest BCUT2D eigenvalue weighted by Crippen LogP contribution is -2.30. The highest BCUT2D eigenvalue weighted by Gasteiger charge is 2.33. The fourth-order valence-corrected chi connectivity index (χ4v) is 1.24. The maximum Gasteiger partial charge on any atom is 0.573 e. The summed E-state index contributed by atoms with van der Waals surface area (Å²) >= 11 is 0. The predicted molar refractivity (Wildman–Crippen MR) is 58.7 cm³/mol. The molecule has 18 heavy (non-hydrogen) atoms. The third-order valence-corrected chi connectivity index (χ3v) is 1.85. The molecule has 8 heteroatoms. The Morgan fingerprint density at radius 1 is 1.17 bits per heavy atom. The highest BCUT2D eigenvalue weighted by Crippen LogP contribution is 2.31. The van der Waals surface area contributed by atoms with Crippen LogP contribution in [-0.4, -0.2) is 29.6 Å². The molecule has 0 spiro atoms. The molecule has 0 fully saturated rings. The molecule has 0 saturated heterocycles. The van der Waals surface area contributed by atoms with Gasteiger partial charge in [0.25, 0.3) is 0 Å². The van der Waals surface area contributed by atoms with Gasteiger partial charge in [-0.1, -0.05) is 6.07 Å². The quantitative estimate of drug-likeness (QED) is 0.798. The van der Waals surface area contributed by atoms with E-state index in [0.29, 0.717) is 0 Å². The number of halogens is 3. The molecule has 0 bridgehead atoms. The minimum absolute atomic E-state index is 0.0141. The number of benzene rings is 1. The summed E-state index contributed by atoms with van der Waals surface area (Å²) < 4.78 is 45.3.